The molecule has 5 rings (SSSR count). The summed E-state index contributed by atoms with van der Waals surface area (Å²) < 4.78 is 22.8. The van der Waals surface area contributed by atoms with Gasteiger partial charge in [0.15, 0.2) is 5.82 Å². The first-order chi connectivity index (χ1) is 18.4. The Hall–Kier alpha value is -3.63. The highest BCUT2D eigenvalue weighted by atomic mass is 32.1. The highest BCUT2D eigenvalue weighted by Gasteiger charge is 2.30. The number of aromatic nitrogens is 3. The molecule has 1 saturated heterocycles. The predicted octanol–water partition coefficient (Wildman–Crippen LogP) is 5.45. The number of thiazole rings is 1. The van der Waals surface area contributed by atoms with Gasteiger partial charge in [-0.2, -0.15) is 5.10 Å². The van der Waals surface area contributed by atoms with E-state index in [4.69, 9.17) is 14.8 Å². The van der Waals surface area contributed by atoms with E-state index in [2.05, 4.69) is 21.8 Å². The van der Waals surface area contributed by atoms with E-state index in [0.717, 1.165) is 76.9 Å². The van der Waals surface area contributed by atoms with Crippen LogP contribution in [0.1, 0.15) is 34.8 Å². The fourth-order valence-electron chi connectivity index (χ4n) is 5.00. The lowest BCUT2D eigenvalue weighted by Gasteiger charge is -2.28. The van der Waals surface area contributed by atoms with Crippen molar-refractivity contribution in [3.63, 3.8) is 0 Å². The number of likely N-dealkylation sites (tertiary alicyclic amines) is 1. The Morgan fingerprint density at radius 2 is 2.11 bits per heavy atom. The number of rotatable bonds is 6. The summed E-state index contributed by atoms with van der Waals surface area (Å²) in [6.45, 7) is 7.56. The topological polar surface area (TPSA) is 84.6 Å². The van der Waals surface area contributed by atoms with Gasteiger partial charge in [-0.3, -0.25) is 10.3 Å². The van der Waals surface area contributed by atoms with Crippen molar-refractivity contribution in [2.75, 3.05) is 32.5 Å². The summed E-state index contributed by atoms with van der Waals surface area (Å²) in [5.74, 6) is -0.509. The average Bonchev–Trinajstić information content (AvgIpc) is 3.45. The number of amides is 1. The predicted molar refractivity (Wildman–Crippen MR) is 150 cm³/mol. The summed E-state index contributed by atoms with van der Waals surface area (Å²) in [4.78, 5) is 24.5. The molecule has 10 heteroatoms. The Kier molecular flexibility index (Phi) is 7.53. The van der Waals surface area contributed by atoms with Crippen LogP contribution in [0.5, 0.6) is 0 Å². The van der Waals surface area contributed by atoms with Gasteiger partial charge < -0.3 is 9.64 Å². The molecule has 0 spiro atoms. The standard InChI is InChI=1S/C28H31FN6O2S/c1-5-6-18(16-30-3)25-21-8-9-23-27(38-17(2)31-23)26(21)35(33-25)24-10-7-19(15-22(24)29)32-28(36)37-20-11-13-34(4)14-12-20/h5-7,10,15-16,20H,1,8-9,11-14H2,2-4H3,(H,32,36)/b18-6+,30-16?. The van der Waals surface area contributed by atoms with Crippen molar-refractivity contribution in [1.82, 2.24) is 19.7 Å². The Labute approximate surface area is 225 Å². The Morgan fingerprint density at radius 3 is 2.82 bits per heavy atom. The van der Waals surface area contributed by atoms with Gasteiger partial charge in [0.1, 0.15) is 11.8 Å². The lowest BCUT2D eigenvalue weighted by Crippen LogP contribution is -2.36. The number of carbonyl (C=O) groups is 1. The fraction of sp³-hybridized carbons (Fsp3) is 0.357. The number of allylic oxidation sites excluding steroid dienone is 3. The third-order valence-corrected chi connectivity index (χ3v) is 7.84. The van der Waals surface area contributed by atoms with E-state index in [-0.39, 0.29) is 11.8 Å². The van der Waals surface area contributed by atoms with E-state index in [1.807, 2.05) is 20.0 Å². The number of aryl methyl sites for hydroxylation is 2. The molecule has 0 atom stereocenters. The van der Waals surface area contributed by atoms with Gasteiger partial charge in [0.25, 0.3) is 0 Å². The summed E-state index contributed by atoms with van der Waals surface area (Å²) in [5, 5.41) is 8.50. The molecule has 0 unspecified atom stereocenters. The van der Waals surface area contributed by atoms with E-state index in [1.165, 1.54) is 6.07 Å². The van der Waals surface area contributed by atoms with Crippen LogP contribution in [-0.2, 0) is 17.6 Å². The quantitative estimate of drug-likeness (QED) is 0.336. The number of carbonyl (C=O) groups excluding carboxylic acids is 1. The molecule has 198 valence electrons. The average molecular weight is 535 g/mol. The van der Waals surface area contributed by atoms with Crippen LogP contribution in [0.3, 0.4) is 0 Å². The SMILES string of the molecule is C=C/C=C(\C=NC)c1nn(-c2ccc(NC(=O)OC3CCN(C)CC3)cc2F)c2c1CCc1nc(C)sc1-2. The zero-order chi connectivity index (χ0) is 26.8. The van der Waals surface area contributed by atoms with Crippen molar-refractivity contribution in [1.29, 1.82) is 0 Å². The molecule has 1 amide bonds. The molecular formula is C28H31FN6O2S. The third-order valence-electron chi connectivity index (χ3n) is 6.82. The van der Waals surface area contributed by atoms with Crippen LogP contribution in [0.25, 0.3) is 21.8 Å². The van der Waals surface area contributed by atoms with Crippen molar-refractivity contribution < 1.29 is 13.9 Å². The summed E-state index contributed by atoms with van der Waals surface area (Å²) >= 11 is 1.58. The lowest BCUT2D eigenvalue weighted by atomic mass is 9.95. The van der Waals surface area contributed by atoms with Crippen LogP contribution in [-0.4, -0.2) is 65.3 Å². The Balaban J connectivity index is 1.48. The number of hydrogen-bond acceptors (Lipinski definition) is 7. The van der Waals surface area contributed by atoms with Gasteiger partial charge in [-0.15, -0.1) is 11.3 Å². The molecule has 0 radical (unpaired) electrons. The Morgan fingerprint density at radius 1 is 1.32 bits per heavy atom. The zero-order valence-corrected chi connectivity index (χ0v) is 22.6. The van der Waals surface area contributed by atoms with Gasteiger partial charge in [-0.05, 0) is 57.9 Å². The number of halogens is 1. The largest absolute Gasteiger partial charge is 0.446 e. The molecule has 38 heavy (non-hydrogen) atoms. The summed E-state index contributed by atoms with van der Waals surface area (Å²) in [6, 6.07) is 4.59. The van der Waals surface area contributed by atoms with Crippen molar-refractivity contribution in [2.24, 2.45) is 4.99 Å². The minimum atomic E-state index is -0.576. The number of ether oxygens (including phenoxy) is 1. The molecule has 1 aliphatic carbocycles. The summed E-state index contributed by atoms with van der Waals surface area (Å²) in [5.41, 5.74) is 5.02. The number of aliphatic imine (C=N–C) groups is 1. The minimum Gasteiger partial charge on any atom is -0.446 e. The molecule has 1 aromatic carbocycles. The first kappa shape index (κ1) is 26.0. The second-order valence-corrected chi connectivity index (χ2v) is 10.7. The second kappa shape index (κ2) is 11.0. The van der Waals surface area contributed by atoms with Crippen molar-refractivity contribution in [2.45, 2.75) is 38.7 Å². The second-order valence-electron chi connectivity index (χ2n) is 9.54. The fourth-order valence-corrected chi connectivity index (χ4v) is 6.02. The van der Waals surface area contributed by atoms with Crippen LogP contribution < -0.4 is 5.32 Å². The highest BCUT2D eigenvalue weighted by molar-refractivity contribution is 7.15. The van der Waals surface area contributed by atoms with Gasteiger partial charge >= 0.3 is 6.09 Å². The van der Waals surface area contributed by atoms with Crippen LogP contribution in [0.4, 0.5) is 14.9 Å². The van der Waals surface area contributed by atoms with Crippen molar-refractivity contribution in [3.05, 3.63) is 64.7 Å². The molecule has 2 aromatic heterocycles. The molecule has 3 aromatic rings. The van der Waals surface area contributed by atoms with Crippen LogP contribution >= 0.6 is 11.3 Å². The van der Waals surface area contributed by atoms with E-state index in [1.54, 1.807) is 47.5 Å². The number of anilines is 1. The van der Waals surface area contributed by atoms with Crippen LogP contribution in [0, 0.1) is 12.7 Å². The van der Waals surface area contributed by atoms with Gasteiger partial charge in [0, 0.05) is 43.2 Å². The van der Waals surface area contributed by atoms with Crippen molar-refractivity contribution >= 4 is 34.9 Å². The smallest absolute Gasteiger partial charge is 0.411 e. The van der Waals surface area contributed by atoms with Crippen molar-refractivity contribution in [3.8, 4) is 16.3 Å². The van der Waals surface area contributed by atoms with Gasteiger partial charge in [0.05, 0.1) is 27.0 Å². The first-order valence-corrected chi connectivity index (χ1v) is 13.5. The van der Waals surface area contributed by atoms with Gasteiger partial charge in [-0.25, -0.2) is 18.9 Å². The highest BCUT2D eigenvalue weighted by Crippen LogP contribution is 2.42. The van der Waals surface area contributed by atoms with Gasteiger partial charge in [-0.1, -0.05) is 18.7 Å². The maximum absolute atomic E-state index is 15.6. The number of nitrogens with one attached hydrogen (secondary N) is 1. The normalized spacial score (nSPS) is 16.4. The molecule has 1 fully saturated rings. The maximum atomic E-state index is 15.6. The zero-order valence-electron chi connectivity index (χ0n) is 21.8. The number of piperidine rings is 1. The molecule has 0 bridgehead atoms. The van der Waals surface area contributed by atoms with E-state index >= 15 is 4.39 Å². The molecule has 3 heterocycles. The molecule has 1 N–H and O–H groups in total. The molecule has 0 saturated carbocycles. The van der Waals surface area contributed by atoms with E-state index in [0.29, 0.717) is 5.69 Å². The van der Waals surface area contributed by atoms with Gasteiger partial charge in [0.2, 0.25) is 0 Å². The van der Waals surface area contributed by atoms with Crippen LogP contribution in [0.15, 0.2) is 41.9 Å². The first-order valence-electron chi connectivity index (χ1n) is 12.7. The van der Waals surface area contributed by atoms with E-state index in [9.17, 15) is 4.79 Å². The van der Waals surface area contributed by atoms with E-state index < -0.39 is 11.9 Å². The van der Waals surface area contributed by atoms with Crippen LogP contribution in [0.2, 0.25) is 0 Å². The third kappa shape index (κ3) is 5.19. The minimum absolute atomic E-state index is 0.133. The Bertz CT molecular complexity index is 1430. The number of fused-ring (bicyclic) bond motifs is 3. The lowest BCUT2D eigenvalue weighted by molar-refractivity contribution is 0.0662. The maximum Gasteiger partial charge on any atom is 0.411 e. The molecule has 8 nitrogen and oxygen atoms in total. The number of hydrogen-bond donors (Lipinski definition) is 1. The summed E-state index contributed by atoms with van der Waals surface area (Å²) in [7, 11) is 3.75. The molecule has 2 aliphatic rings. The molecule has 1 aliphatic heterocycles. The molecular weight excluding hydrogens is 503 g/mol. The number of benzene rings is 1. The number of nitrogens with zero attached hydrogens (tertiary/aromatic N) is 5. The monoisotopic (exact) mass is 534 g/mol. The summed E-state index contributed by atoms with van der Waals surface area (Å²) in [6.07, 6.45) is 7.67.